The highest BCUT2D eigenvalue weighted by Crippen LogP contribution is 2.28. The van der Waals surface area contributed by atoms with E-state index in [0.29, 0.717) is 15.8 Å². The number of benzene rings is 1. The molecule has 0 aliphatic carbocycles. The lowest BCUT2D eigenvalue weighted by Crippen LogP contribution is -2.18. The molecule has 0 saturated heterocycles. The molecular formula is C12H10ClN5OS. The van der Waals surface area contributed by atoms with Crippen LogP contribution >= 0.6 is 22.9 Å². The molecule has 3 rings (SSSR count). The molecular weight excluding hydrogens is 298 g/mol. The minimum Gasteiger partial charge on any atom is -0.396 e. The third kappa shape index (κ3) is 2.73. The number of nitrogens with zero attached hydrogens (tertiary/aromatic N) is 3. The highest BCUT2D eigenvalue weighted by molar-refractivity contribution is 7.22. The lowest BCUT2D eigenvalue weighted by molar-refractivity contribution is -0.116. The number of nitrogens with two attached hydrogens (primary N) is 1. The van der Waals surface area contributed by atoms with Crippen LogP contribution in [0.4, 0.5) is 10.8 Å². The zero-order chi connectivity index (χ0) is 14.1. The van der Waals surface area contributed by atoms with Gasteiger partial charge in [0.15, 0.2) is 5.13 Å². The Morgan fingerprint density at radius 1 is 1.50 bits per heavy atom. The van der Waals surface area contributed by atoms with Crippen LogP contribution in [0.3, 0.4) is 0 Å². The number of nitrogen functional groups attached to an aromatic ring is 1. The number of anilines is 2. The van der Waals surface area contributed by atoms with Gasteiger partial charge in [0.05, 0.1) is 22.1 Å². The topological polar surface area (TPSA) is 85.8 Å². The van der Waals surface area contributed by atoms with Crippen LogP contribution in [-0.2, 0) is 11.3 Å². The van der Waals surface area contributed by atoms with Crippen LogP contribution < -0.4 is 11.1 Å². The van der Waals surface area contributed by atoms with Crippen LogP contribution in [0.15, 0.2) is 30.6 Å². The molecule has 20 heavy (non-hydrogen) atoms. The summed E-state index contributed by atoms with van der Waals surface area (Å²) in [4.78, 5) is 16.2. The fourth-order valence-electron chi connectivity index (χ4n) is 1.72. The summed E-state index contributed by atoms with van der Waals surface area (Å²) in [5.74, 6) is -0.210. The maximum Gasteiger partial charge on any atom is 0.247 e. The van der Waals surface area contributed by atoms with Gasteiger partial charge in [-0.15, -0.1) is 0 Å². The van der Waals surface area contributed by atoms with Gasteiger partial charge in [0, 0.05) is 11.2 Å². The van der Waals surface area contributed by atoms with Gasteiger partial charge < -0.3 is 11.1 Å². The molecule has 0 aliphatic heterocycles. The molecule has 2 heterocycles. The Hall–Kier alpha value is -2.12. The molecule has 0 atom stereocenters. The maximum absolute atomic E-state index is 11.9. The second-order valence-corrected chi connectivity index (χ2v) is 5.62. The summed E-state index contributed by atoms with van der Waals surface area (Å²) in [5, 5.41) is 7.86. The molecule has 8 heteroatoms. The van der Waals surface area contributed by atoms with Crippen molar-refractivity contribution < 1.29 is 4.79 Å². The van der Waals surface area contributed by atoms with E-state index in [-0.39, 0.29) is 12.5 Å². The highest BCUT2D eigenvalue weighted by atomic mass is 35.5. The van der Waals surface area contributed by atoms with E-state index >= 15 is 0 Å². The largest absolute Gasteiger partial charge is 0.396 e. The standard InChI is InChI=1S/C12H10ClN5OS/c13-7-1-2-9-10(3-7)20-12(16-9)17-11(19)6-18-5-8(14)4-15-18/h1-5H,6,14H2,(H,16,17,19). The first-order valence-electron chi connectivity index (χ1n) is 5.74. The van der Waals surface area contributed by atoms with Crippen molar-refractivity contribution in [3.8, 4) is 0 Å². The van der Waals surface area contributed by atoms with Crippen LogP contribution in [0, 0.1) is 0 Å². The third-order valence-electron chi connectivity index (χ3n) is 2.56. The molecule has 0 fully saturated rings. The van der Waals surface area contributed by atoms with E-state index in [4.69, 9.17) is 17.3 Å². The Kier molecular flexibility index (Phi) is 3.29. The average molecular weight is 308 g/mol. The van der Waals surface area contributed by atoms with Crippen molar-refractivity contribution in [2.24, 2.45) is 0 Å². The Morgan fingerprint density at radius 3 is 3.10 bits per heavy atom. The predicted octanol–water partition coefficient (Wildman–Crippen LogP) is 2.37. The first kappa shape index (κ1) is 12.9. The molecule has 1 amide bonds. The molecule has 2 aromatic heterocycles. The Labute approximate surface area is 123 Å². The minimum atomic E-state index is -0.210. The lowest BCUT2D eigenvalue weighted by Gasteiger charge is -2.01. The number of rotatable bonds is 3. The second-order valence-electron chi connectivity index (χ2n) is 4.15. The summed E-state index contributed by atoms with van der Waals surface area (Å²) in [5.41, 5.74) is 6.86. The van der Waals surface area contributed by atoms with Crippen molar-refractivity contribution in [2.45, 2.75) is 6.54 Å². The van der Waals surface area contributed by atoms with Gasteiger partial charge in [-0.05, 0) is 18.2 Å². The number of nitrogens with one attached hydrogen (secondary N) is 1. The van der Waals surface area contributed by atoms with E-state index in [1.807, 2.05) is 12.1 Å². The monoisotopic (exact) mass is 307 g/mol. The van der Waals surface area contributed by atoms with Gasteiger partial charge in [0.25, 0.3) is 0 Å². The number of hydrogen-bond donors (Lipinski definition) is 2. The quantitative estimate of drug-likeness (QED) is 0.778. The van der Waals surface area contributed by atoms with Crippen molar-refractivity contribution in [2.75, 3.05) is 11.1 Å². The number of thiazole rings is 1. The number of aromatic nitrogens is 3. The Morgan fingerprint density at radius 2 is 2.35 bits per heavy atom. The second kappa shape index (κ2) is 5.10. The first-order chi connectivity index (χ1) is 9.60. The molecule has 0 spiro atoms. The molecule has 0 unspecified atom stereocenters. The SMILES string of the molecule is Nc1cnn(CC(=O)Nc2nc3ccc(Cl)cc3s2)c1. The summed E-state index contributed by atoms with van der Waals surface area (Å²) in [6.07, 6.45) is 3.09. The van der Waals surface area contributed by atoms with Crippen LogP contribution in [-0.4, -0.2) is 20.7 Å². The average Bonchev–Trinajstić information content (AvgIpc) is 2.94. The van der Waals surface area contributed by atoms with Crippen LogP contribution in [0.2, 0.25) is 5.02 Å². The lowest BCUT2D eigenvalue weighted by atomic mass is 10.3. The fraction of sp³-hybridized carbons (Fsp3) is 0.0833. The van der Waals surface area contributed by atoms with Gasteiger partial charge in [0.2, 0.25) is 5.91 Å². The van der Waals surface area contributed by atoms with Gasteiger partial charge in [-0.3, -0.25) is 9.48 Å². The number of fused-ring (bicyclic) bond motifs is 1. The van der Waals surface area contributed by atoms with Gasteiger partial charge >= 0.3 is 0 Å². The predicted molar refractivity (Wildman–Crippen MR) is 79.9 cm³/mol. The number of carbonyl (C=O) groups excluding carboxylic acids is 1. The van der Waals surface area contributed by atoms with Crippen molar-refractivity contribution in [3.63, 3.8) is 0 Å². The van der Waals surface area contributed by atoms with Gasteiger partial charge in [-0.1, -0.05) is 22.9 Å². The van der Waals surface area contributed by atoms with Crippen LogP contribution in [0.5, 0.6) is 0 Å². The molecule has 6 nitrogen and oxygen atoms in total. The number of carbonyl (C=O) groups is 1. The summed E-state index contributed by atoms with van der Waals surface area (Å²) < 4.78 is 2.39. The summed E-state index contributed by atoms with van der Waals surface area (Å²) in [6.45, 7) is 0.0912. The molecule has 0 aliphatic rings. The molecule has 1 aromatic carbocycles. The zero-order valence-electron chi connectivity index (χ0n) is 10.2. The van der Waals surface area contributed by atoms with E-state index in [1.54, 1.807) is 12.3 Å². The molecule has 0 radical (unpaired) electrons. The number of amides is 1. The minimum absolute atomic E-state index is 0.0912. The van der Waals surface area contributed by atoms with Crippen molar-refractivity contribution in [1.82, 2.24) is 14.8 Å². The molecule has 0 bridgehead atoms. The van der Waals surface area contributed by atoms with E-state index in [1.165, 1.54) is 22.2 Å². The highest BCUT2D eigenvalue weighted by Gasteiger charge is 2.09. The van der Waals surface area contributed by atoms with Crippen molar-refractivity contribution in [1.29, 1.82) is 0 Å². The summed E-state index contributed by atoms with van der Waals surface area (Å²) >= 11 is 7.29. The van der Waals surface area contributed by atoms with Gasteiger partial charge in [0.1, 0.15) is 6.54 Å². The molecule has 0 saturated carbocycles. The molecule has 3 aromatic rings. The van der Waals surface area contributed by atoms with Crippen molar-refractivity contribution >= 4 is 49.9 Å². The number of hydrogen-bond acceptors (Lipinski definition) is 5. The zero-order valence-corrected chi connectivity index (χ0v) is 11.8. The van der Waals surface area contributed by atoms with Crippen LogP contribution in [0.25, 0.3) is 10.2 Å². The van der Waals surface area contributed by atoms with Crippen LogP contribution in [0.1, 0.15) is 0 Å². The Bertz CT molecular complexity index is 781. The molecule has 102 valence electrons. The fourth-order valence-corrected chi connectivity index (χ4v) is 2.88. The summed E-state index contributed by atoms with van der Waals surface area (Å²) in [6, 6.07) is 5.40. The van der Waals surface area contributed by atoms with E-state index in [2.05, 4.69) is 15.4 Å². The van der Waals surface area contributed by atoms with Crippen molar-refractivity contribution in [3.05, 3.63) is 35.6 Å². The smallest absolute Gasteiger partial charge is 0.247 e. The Balaban J connectivity index is 1.73. The first-order valence-corrected chi connectivity index (χ1v) is 6.93. The maximum atomic E-state index is 11.9. The van der Waals surface area contributed by atoms with E-state index < -0.39 is 0 Å². The van der Waals surface area contributed by atoms with E-state index in [9.17, 15) is 4.79 Å². The molecule has 3 N–H and O–H groups in total. The normalized spacial score (nSPS) is 10.8. The van der Waals surface area contributed by atoms with Gasteiger partial charge in [-0.25, -0.2) is 4.98 Å². The number of halogens is 1. The van der Waals surface area contributed by atoms with E-state index in [0.717, 1.165) is 10.2 Å². The van der Waals surface area contributed by atoms with Gasteiger partial charge in [-0.2, -0.15) is 5.10 Å². The third-order valence-corrected chi connectivity index (χ3v) is 3.72. The summed E-state index contributed by atoms with van der Waals surface area (Å²) in [7, 11) is 0.